The molecule has 2 aromatic carbocycles. The van der Waals surface area contributed by atoms with Crippen molar-refractivity contribution in [2.75, 3.05) is 20.3 Å². The van der Waals surface area contributed by atoms with Crippen molar-refractivity contribution >= 4 is 11.9 Å². The summed E-state index contributed by atoms with van der Waals surface area (Å²) in [6.07, 6.45) is 2.25. The average Bonchev–Trinajstić information content (AvgIpc) is 3.24. The first-order valence-corrected chi connectivity index (χ1v) is 8.84. The van der Waals surface area contributed by atoms with Crippen molar-refractivity contribution in [1.82, 2.24) is 0 Å². The Morgan fingerprint density at radius 2 is 1.67 bits per heavy atom. The van der Waals surface area contributed by atoms with E-state index in [9.17, 15) is 9.59 Å². The van der Waals surface area contributed by atoms with E-state index in [2.05, 4.69) is 4.74 Å². The second-order valence-corrected chi connectivity index (χ2v) is 6.24. The Kier molecular flexibility index (Phi) is 6.44. The maximum atomic E-state index is 12.2. The van der Waals surface area contributed by atoms with Gasteiger partial charge >= 0.3 is 11.9 Å². The van der Waals surface area contributed by atoms with Gasteiger partial charge in [-0.1, -0.05) is 12.1 Å². The van der Waals surface area contributed by atoms with E-state index >= 15 is 0 Å². The number of hydrogen-bond donors (Lipinski definition) is 0. The smallest absolute Gasteiger partial charge is 0.338 e. The molecule has 1 fully saturated rings. The van der Waals surface area contributed by atoms with Crippen molar-refractivity contribution in [3.63, 3.8) is 0 Å². The third-order valence-electron chi connectivity index (χ3n) is 4.29. The summed E-state index contributed by atoms with van der Waals surface area (Å²) in [5, 5.41) is 0. The number of ether oxygens (including phenoxy) is 4. The third-order valence-corrected chi connectivity index (χ3v) is 4.29. The molecule has 1 saturated heterocycles. The Morgan fingerprint density at radius 1 is 1.00 bits per heavy atom. The average molecular weight is 370 g/mol. The zero-order chi connectivity index (χ0) is 19.1. The van der Waals surface area contributed by atoms with Crippen LogP contribution in [0.1, 0.15) is 39.1 Å². The lowest BCUT2D eigenvalue weighted by atomic mass is 10.1. The third kappa shape index (κ3) is 5.31. The molecule has 1 aliphatic heterocycles. The second-order valence-electron chi connectivity index (χ2n) is 6.24. The lowest BCUT2D eigenvalue weighted by Crippen LogP contribution is -2.16. The van der Waals surface area contributed by atoms with Crippen LogP contribution in [-0.4, -0.2) is 38.4 Å². The first kappa shape index (κ1) is 18.9. The molecule has 1 aliphatic rings. The Morgan fingerprint density at radius 3 is 2.30 bits per heavy atom. The molecule has 0 N–H and O–H groups in total. The summed E-state index contributed by atoms with van der Waals surface area (Å²) in [4.78, 5) is 23.6. The molecule has 0 bridgehead atoms. The van der Waals surface area contributed by atoms with Crippen molar-refractivity contribution in [3.8, 4) is 5.75 Å². The van der Waals surface area contributed by atoms with Gasteiger partial charge in [-0.2, -0.15) is 0 Å². The van der Waals surface area contributed by atoms with E-state index in [1.165, 1.54) is 7.11 Å². The van der Waals surface area contributed by atoms with Crippen LogP contribution in [0.25, 0.3) is 0 Å². The molecule has 2 aromatic rings. The van der Waals surface area contributed by atoms with E-state index in [1.54, 1.807) is 48.5 Å². The van der Waals surface area contributed by atoms with Crippen molar-refractivity contribution in [2.24, 2.45) is 0 Å². The molecule has 0 amide bonds. The van der Waals surface area contributed by atoms with Crippen LogP contribution in [0.2, 0.25) is 0 Å². The van der Waals surface area contributed by atoms with E-state index in [1.807, 2.05) is 0 Å². The maximum absolute atomic E-state index is 12.2. The van der Waals surface area contributed by atoms with Crippen molar-refractivity contribution in [2.45, 2.75) is 25.6 Å². The summed E-state index contributed by atoms with van der Waals surface area (Å²) >= 11 is 0. The Bertz CT molecular complexity index is 760. The highest BCUT2D eigenvalue weighted by molar-refractivity contribution is 5.90. The van der Waals surface area contributed by atoms with Crippen LogP contribution in [0.3, 0.4) is 0 Å². The number of hydrogen-bond acceptors (Lipinski definition) is 6. The summed E-state index contributed by atoms with van der Waals surface area (Å²) in [7, 11) is 1.33. The first-order valence-electron chi connectivity index (χ1n) is 8.84. The van der Waals surface area contributed by atoms with Crippen molar-refractivity contribution in [1.29, 1.82) is 0 Å². The molecule has 0 aliphatic carbocycles. The van der Waals surface area contributed by atoms with E-state index < -0.39 is 11.9 Å². The molecule has 1 atom stereocenters. The first-order chi connectivity index (χ1) is 13.2. The van der Waals surface area contributed by atoms with Gasteiger partial charge < -0.3 is 18.9 Å². The predicted molar refractivity (Wildman–Crippen MR) is 97.8 cm³/mol. The highest BCUT2D eigenvalue weighted by Crippen LogP contribution is 2.17. The SMILES string of the molecule is COC(=O)c1ccc(COC(=O)c2ccc(OC[C@@H]3CCCO3)cc2)cc1. The van der Waals surface area contributed by atoms with Crippen molar-refractivity contribution in [3.05, 3.63) is 65.2 Å². The number of methoxy groups -OCH3 is 1. The van der Waals surface area contributed by atoms with Crippen LogP contribution in [0.15, 0.2) is 48.5 Å². The lowest BCUT2D eigenvalue weighted by molar-refractivity contribution is 0.0471. The van der Waals surface area contributed by atoms with E-state index in [4.69, 9.17) is 14.2 Å². The van der Waals surface area contributed by atoms with Gasteiger partial charge in [-0.15, -0.1) is 0 Å². The molecule has 0 aromatic heterocycles. The van der Waals surface area contributed by atoms with Crippen molar-refractivity contribution < 1.29 is 28.5 Å². The number of carbonyl (C=O) groups is 2. The van der Waals surface area contributed by atoms with Crippen LogP contribution in [0, 0.1) is 0 Å². The monoisotopic (exact) mass is 370 g/mol. The fraction of sp³-hybridized carbons (Fsp3) is 0.333. The minimum Gasteiger partial charge on any atom is -0.491 e. The predicted octanol–water partition coefficient (Wildman–Crippen LogP) is 3.39. The van der Waals surface area contributed by atoms with E-state index in [0.29, 0.717) is 23.5 Å². The maximum Gasteiger partial charge on any atom is 0.338 e. The summed E-state index contributed by atoms with van der Waals surface area (Å²) in [5.74, 6) is -0.126. The lowest BCUT2D eigenvalue weighted by Gasteiger charge is -2.11. The molecule has 0 radical (unpaired) electrons. The zero-order valence-electron chi connectivity index (χ0n) is 15.2. The van der Waals surface area contributed by atoms with Gasteiger partial charge in [-0.05, 0) is 54.8 Å². The molecule has 0 unspecified atom stereocenters. The summed E-state index contributed by atoms with van der Waals surface area (Å²) in [6.45, 7) is 1.44. The fourth-order valence-corrected chi connectivity index (χ4v) is 2.74. The Balaban J connectivity index is 1.48. The van der Waals surface area contributed by atoms with Gasteiger partial charge in [0.25, 0.3) is 0 Å². The molecule has 0 saturated carbocycles. The van der Waals surface area contributed by atoms with Gasteiger partial charge in [-0.3, -0.25) is 0 Å². The van der Waals surface area contributed by atoms with Crippen LogP contribution in [0.4, 0.5) is 0 Å². The quantitative estimate of drug-likeness (QED) is 0.696. The minimum absolute atomic E-state index is 0.123. The van der Waals surface area contributed by atoms with Gasteiger partial charge in [0, 0.05) is 6.61 Å². The van der Waals surface area contributed by atoms with Crippen LogP contribution < -0.4 is 4.74 Å². The summed E-state index contributed by atoms with van der Waals surface area (Å²) in [5.41, 5.74) is 1.68. The number of benzene rings is 2. The van der Waals surface area contributed by atoms with Gasteiger partial charge in [-0.25, -0.2) is 9.59 Å². The summed E-state index contributed by atoms with van der Waals surface area (Å²) in [6, 6.07) is 13.6. The normalized spacial score (nSPS) is 16.0. The zero-order valence-corrected chi connectivity index (χ0v) is 15.2. The minimum atomic E-state index is -0.419. The standard InChI is InChI=1S/C21H22O6/c1-24-20(22)16-6-4-15(5-7-16)13-27-21(23)17-8-10-18(11-9-17)26-14-19-3-2-12-25-19/h4-11,19H,2-3,12-14H2,1H3/t19-/m0/s1. The molecule has 1 heterocycles. The van der Waals surface area contributed by atoms with Crippen LogP contribution in [-0.2, 0) is 20.8 Å². The van der Waals surface area contributed by atoms with Gasteiger partial charge in [0.05, 0.1) is 24.3 Å². The fourth-order valence-electron chi connectivity index (χ4n) is 2.74. The van der Waals surface area contributed by atoms with Crippen LogP contribution >= 0.6 is 0 Å². The molecule has 6 heteroatoms. The van der Waals surface area contributed by atoms with Gasteiger partial charge in [0.2, 0.25) is 0 Å². The molecule has 0 spiro atoms. The number of rotatable bonds is 7. The molecular weight excluding hydrogens is 348 g/mol. The van der Waals surface area contributed by atoms with E-state index in [0.717, 1.165) is 25.0 Å². The van der Waals surface area contributed by atoms with Gasteiger partial charge in [0.1, 0.15) is 19.0 Å². The topological polar surface area (TPSA) is 71.1 Å². The molecule has 27 heavy (non-hydrogen) atoms. The largest absolute Gasteiger partial charge is 0.491 e. The van der Waals surface area contributed by atoms with Crippen LogP contribution in [0.5, 0.6) is 5.75 Å². The molecular formula is C21H22O6. The number of carbonyl (C=O) groups excluding carboxylic acids is 2. The Labute approximate surface area is 158 Å². The van der Waals surface area contributed by atoms with Gasteiger partial charge in [0.15, 0.2) is 0 Å². The highest BCUT2D eigenvalue weighted by atomic mass is 16.5. The number of esters is 2. The second kappa shape index (κ2) is 9.19. The molecule has 3 rings (SSSR count). The highest BCUT2D eigenvalue weighted by Gasteiger charge is 2.16. The molecule has 142 valence electrons. The molecule has 6 nitrogen and oxygen atoms in total. The Hall–Kier alpha value is -2.86. The van der Waals surface area contributed by atoms with E-state index in [-0.39, 0.29) is 12.7 Å². The summed E-state index contributed by atoms with van der Waals surface area (Å²) < 4.78 is 21.1.